The first-order chi connectivity index (χ1) is 9.58. The lowest BCUT2D eigenvalue weighted by Gasteiger charge is -2.23. The summed E-state index contributed by atoms with van der Waals surface area (Å²) in [6.07, 6.45) is 1.59. The first-order valence-electron chi connectivity index (χ1n) is 6.32. The Labute approximate surface area is 122 Å². The fourth-order valence-corrected chi connectivity index (χ4v) is 2.77. The van der Waals surface area contributed by atoms with Gasteiger partial charge in [-0.3, -0.25) is 5.10 Å². The number of aryl methyl sites for hydroxylation is 1. The van der Waals surface area contributed by atoms with E-state index in [1.54, 1.807) is 17.5 Å². The van der Waals surface area contributed by atoms with Crippen LogP contribution in [0.15, 0.2) is 23.7 Å². The number of aromatic nitrogens is 2. The zero-order valence-electron chi connectivity index (χ0n) is 11.8. The number of hydrogen-bond acceptors (Lipinski definition) is 4. The van der Waals surface area contributed by atoms with Gasteiger partial charge in [0.2, 0.25) is 0 Å². The Morgan fingerprint density at radius 1 is 1.55 bits per heavy atom. The predicted molar refractivity (Wildman–Crippen MR) is 81.1 cm³/mol. The van der Waals surface area contributed by atoms with E-state index in [1.165, 1.54) is 4.88 Å². The summed E-state index contributed by atoms with van der Waals surface area (Å²) < 4.78 is 0. The number of amides is 2. The molecule has 0 saturated carbocycles. The van der Waals surface area contributed by atoms with Crippen LogP contribution in [0.25, 0.3) is 0 Å². The Balaban J connectivity index is 1.90. The van der Waals surface area contributed by atoms with Crippen molar-refractivity contribution < 1.29 is 4.79 Å². The monoisotopic (exact) mass is 293 g/mol. The number of H-pyrrole nitrogens is 1. The van der Waals surface area contributed by atoms with Crippen LogP contribution < -0.4 is 10.6 Å². The number of hydrogen-bond donors (Lipinski definition) is 3. The van der Waals surface area contributed by atoms with Gasteiger partial charge < -0.3 is 15.5 Å². The van der Waals surface area contributed by atoms with Crippen LogP contribution in [-0.2, 0) is 0 Å². The molecule has 0 aliphatic heterocycles. The molecule has 1 unspecified atom stereocenters. The summed E-state index contributed by atoms with van der Waals surface area (Å²) in [7, 11) is 4.01. The van der Waals surface area contributed by atoms with E-state index in [9.17, 15) is 4.79 Å². The maximum Gasteiger partial charge on any atom is 0.319 e. The largest absolute Gasteiger partial charge is 0.336 e. The van der Waals surface area contributed by atoms with E-state index in [2.05, 4.69) is 31.8 Å². The van der Waals surface area contributed by atoms with Crippen LogP contribution in [0, 0.1) is 6.92 Å². The molecule has 2 rings (SSSR count). The summed E-state index contributed by atoms with van der Waals surface area (Å²) in [4.78, 5) is 15.2. The zero-order chi connectivity index (χ0) is 14.5. The fraction of sp³-hybridized carbons (Fsp3) is 0.385. The Kier molecular flexibility index (Phi) is 4.75. The third-order valence-electron chi connectivity index (χ3n) is 3.03. The van der Waals surface area contributed by atoms with Gasteiger partial charge in [-0.1, -0.05) is 6.07 Å². The molecule has 0 saturated heterocycles. The van der Waals surface area contributed by atoms with Crippen molar-refractivity contribution in [2.45, 2.75) is 13.0 Å². The number of rotatable bonds is 5. The Bertz CT molecular complexity index is 549. The smallest absolute Gasteiger partial charge is 0.319 e. The maximum absolute atomic E-state index is 11.9. The molecule has 0 bridgehead atoms. The summed E-state index contributed by atoms with van der Waals surface area (Å²) in [5.41, 5.74) is 1.53. The van der Waals surface area contributed by atoms with Gasteiger partial charge in [-0.15, -0.1) is 11.3 Å². The number of nitrogens with zero attached hydrogens (tertiary/aromatic N) is 2. The molecule has 2 aromatic rings. The molecular formula is C13H19N5OS. The summed E-state index contributed by atoms with van der Waals surface area (Å²) in [5.74, 6) is 0. The number of carbonyl (C=O) groups excluding carboxylic acids is 1. The average Bonchev–Trinajstić information content (AvgIpc) is 3.02. The van der Waals surface area contributed by atoms with Crippen molar-refractivity contribution in [3.63, 3.8) is 0 Å². The molecule has 3 N–H and O–H groups in total. The maximum atomic E-state index is 11.9. The molecule has 0 aromatic carbocycles. The molecule has 20 heavy (non-hydrogen) atoms. The molecule has 0 fully saturated rings. The molecule has 0 aliphatic rings. The van der Waals surface area contributed by atoms with Gasteiger partial charge in [-0.25, -0.2) is 4.79 Å². The average molecular weight is 293 g/mol. The van der Waals surface area contributed by atoms with E-state index in [0.717, 1.165) is 5.69 Å². The highest BCUT2D eigenvalue weighted by Crippen LogP contribution is 2.22. The second-order valence-corrected chi connectivity index (χ2v) is 5.72. The zero-order valence-corrected chi connectivity index (χ0v) is 12.6. The van der Waals surface area contributed by atoms with Gasteiger partial charge in [0.05, 0.1) is 23.6 Å². The van der Waals surface area contributed by atoms with Crippen LogP contribution in [-0.4, -0.2) is 41.8 Å². The molecule has 6 nitrogen and oxygen atoms in total. The molecule has 2 amide bonds. The first kappa shape index (κ1) is 14.5. The van der Waals surface area contributed by atoms with Crippen molar-refractivity contribution in [2.75, 3.05) is 26.0 Å². The lowest BCUT2D eigenvalue weighted by Crippen LogP contribution is -2.36. The van der Waals surface area contributed by atoms with E-state index < -0.39 is 0 Å². The Hall–Kier alpha value is -1.86. The standard InChI is InChI=1S/C13H19N5OS/c1-9-10(7-15-17-9)16-13(19)14-8-11(18(2)3)12-5-4-6-20-12/h4-7,11H,8H2,1-3H3,(H,15,17)(H2,14,16,19). The Morgan fingerprint density at radius 3 is 2.90 bits per heavy atom. The second-order valence-electron chi connectivity index (χ2n) is 4.74. The molecule has 0 spiro atoms. The highest BCUT2D eigenvalue weighted by Gasteiger charge is 2.16. The molecule has 108 valence electrons. The van der Waals surface area contributed by atoms with E-state index >= 15 is 0 Å². The highest BCUT2D eigenvalue weighted by molar-refractivity contribution is 7.10. The van der Waals surface area contributed by atoms with Crippen LogP contribution in [0.2, 0.25) is 0 Å². The summed E-state index contributed by atoms with van der Waals surface area (Å²) in [6.45, 7) is 2.41. The van der Waals surface area contributed by atoms with Crippen molar-refractivity contribution in [1.82, 2.24) is 20.4 Å². The van der Waals surface area contributed by atoms with Crippen LogP contribution in [0.4, 0.5) is 10.5 Å². The van der Waals surface area contributed by atoms with E-state index in [1.807, 2.05) is 32.5 Å². The third kappa shape index (κ3) is 3.58. The summed E-state index contributed by atoms with van der Waals surface area (Å²) in [5, 5.41) is 14.3. The van der Waals surface area contributed by atoms with Gasteiger partial charge in [0.25, 0.3) is 0 Å². The molecule has 1 atom stereocenters. The number of anilines is 1. The number of carbonyl (C=O) groups is 1. The normalized spacial score (nSPS) is 12.4. The lowest BCUT2D eigenvalue weighted by atomic mass is 10.2. The van der Waals surface area contributed by atoms with E-state index in [4.69, 9.17) is 0 Å². The molecular weight excluding hydrogens is 274 g/mol. The number of thiophene rings is 1. The molecule has 2 aromatic heterocycles. The van der Waals surface area contributed by atoms with E-state index in [0.29, 0.717) is 12.2 Å². The molecule has 0 radical (unpaired) electrons. The van der Waals surface area contributed by atoms with Crippen molar-refractivity contribution in [3.05, 3.63) is 34.3 Å². The predicted octanol–water partition coefficient (Wildman–Crippen LogP) is 2.20. The first-order valence-corrected chi connectivity index (χ1v) is 7.20. The number of urea groups is 1. The number of nitrogens with one attached hydrogen (secondary N) is 3. The SMILES string of the molecule is Cc1[nH]ncc1NC(=O)NCC(c1cccs1)N(C)C. The van der Waals surface area contributed by atoms with Crippen LogP contribution in [0.5, 0.6) is 0 Å². The van der Waals surface area contributed by atoms with Gasteiger partial charge in [0, 0.05) is 11.4 Å². The van der Waals surface area contributed by atoms with Gasteiger partial charge in [-0.05, 0) is 32.5 Å². The Morgan fingerprint density at radius 2 is 2.35 bits per heavy atom. The van der Waals surface area contributed by atoms with Crippen molar-refractivity contribution in [1.29, 1.82) is 0 Å². The van der Waals surface area contributed by atoms with Gasteiger partial charge in [0.1, 0.15) is 0 Å². The summed E-state index contributed by atoms with van der Waals surface area (Å²) >= 11 is 1.69. The minimum atomic E-state index is -0.224. The van der Waals surface area contributed by atoms with Crippen molar-refractivity contribution in [2.24, 2.45) is 0 Å². The molecule has 2 heterocycles. The molecule has 0 aliphatic carbocycles. The highest BCUT2D eigenvalue weighted by atomic mass is 32.1. The van der Waals surface area contributed by atoms with Crippen LogP contribution in [0.3, 0.4) is 0 Å². The second kappa shape index (κ2) is 6.53. The lowest BCUT2D eigenvalue weighted by molar-refractivity contribution is 0.244. The summed E-state index contributed by atoms with van der Waals surface area (Å²) in [6, 6.07) is 4.05. The quantitative estimate of drug-likeness (QED) is 0.791. The van der Waals surface area contributed by atoms with Crippen molar-refractivity contribution >= 4 is 23.1 Å². The topological polar surface area (TPSA) is 73.0 Å². The molecule has 7 heteroatoms. The van der Waals surface area contributed by atoms with Gasteiger partial charge >= 0.3 is 6.03 Å². The van der Waals surface area contributed by atoms with Crippen LogP contribution >= 0.6 is 11.3 Å². The van der Waals surface area contributed by atoms with Gasteiger partial charge in [0.15, 0.2) is 0 Å². The number of aromatic amines is 1. The van der Waals surface area contributed by atoms with Gasteiger partial charge in [-0.2, -0.15) is 5.10 Å². The minimum Gasteiger partial charge on any atom is -0.336 e. The minimum absolute atomic E-state index is 0.172. The van der Waals surface area contributed by atoms with E-state index in [-0.39, 0.29) is 12.1 Å². The third-order valence-corrected chi connectivity index (χ3v) is 4.00. The fourth-order valence-electron chi connectivity index (χ4n) is 1.85. The van der Waals surface area contributed by atoms with Crippen LogP contribution in [0.1, 0.15) is 16.6 Å². The number of likely N-dealkylation sites (N-methyl/N-ethyl adjacent to an activating group) is 1. The van der Waals surface area contributed by atoms with Crippen molar-refractivity contribution in [3.8, 4) is 0 Å².